The van der Waals surface area contributed by atoms with Crippen LogP contribution in [0.3, 0.4) is 0 Å². The van der Waals surface area contributed by atoms with E-state index in [0.29, 0.717) is 16.9 Å². The highest BCUT2D eigenvalue weighted by molar-refractivity contribution is 5.94. The maximum Gasteiger partial charge on any atom is 0.416 e. The van der Waals surface area contributed by atoms with Crippen LogP contribution in [0.15, 0.2) is 61.3 Å². The van der Waals surface area contributed by atoms with Crippen molar-refractivity contribution in [1.29, 1.82) is 0 Å². The molecule has 1 N–H and O–H groups in total. The van der Waals surface area contributed by atoms with Crippen molar-refractivity contribution in [3.05, 3.63) is 78.0 Å². The van der Waals surface area contributed by atoms with Crippen molar-refractivity contribution in [2.75, 3.05) is 0 Å². The fraction of sp³-hybridized carbons (Fsp3) is 0.167. The lowest BCUT2D eigenvalue weighted by atomic mass is 10.0. The van der Waals surface area contributed by atoms with Gasteiger partial charge in [0.2, 0.25) is 0 Å². The molecular weight excluding hydrogens is 345 g/mol. The highest BCUT2D eigenvalue weighted by Crippen LogP contribution is 2.30. The number of amides is 1. The standard InChI is InChI=1S/C18H15F3N4O/c1-12(13-3-2-4-15(9-13)18(19,20)21)24-17(26)14-5-6-16(23-10-14)25-8-7-22-11-25/h2-12H,1H3,(H,24,26). The fourth-order valence-electron chi connectivity index (χ4n) is 2.42. The highest BCUT2D eigenvalue weighted by Gasteiger charge is 2.30. The molecule has 0 saturated carbocycles. The van der Waals surface area contributed by atoms with E-state index < -0.39 is 23.7 Å². The number of nitrogens with zero attached hydrogens (tertiary/aromatic N) is 3. The van der Waals surface area contributed by atoms with Crippen LogP contribution in [0, 0.1) is 0 Å². The average molecular weight is 360 g/mol. The third-order valence-corrected chi connectivity index (χ3v) is 3.84. The van der Waals surface area contributed by atoms with Gasteiger partial charge in [-0.2, -0.15) is 13.2 Å². The monoisotopic (exact) mass is 360 g/mol. The minimum absolute atomic E-state index is 0.313. The number of pyridine rings is 1. The molecule has 8 heteroatoms. The minimum Gasteiger partial charge on any atom is -0.345 e. The van der Waals surface area contributed by atoms with E-state index in [9.17, 15) is 18.0 Å². The third-order valence-electron chi connectivity index (χ3n) is 3.84. The van der Waals surface area contributed by atoms with Crippen LogP contribution in [0.2, 0.25) is 0 Å². The first-order chi connectivity index (χ1) is 12.3. The lowest BCUT2D eigenvalue weighted by molar-refractivity contribution is -0.137. The first-order valence-corrected chi connectivity index (χ1v) is 7.77. The Hall–Kier alpha value is -3.16. The molecule has 3 aromatic rings. The molecule has 26 heavy (non-hydrogen) atoms. The van der Waals surface area contributed by atoms with Gasteiger partial charge in [-0.05, 0) is 36.8 Å². The number of alkyl halides is 3. The normalized spacial score (nSPS) is 12.6. The summed E-state index contributed by atoms with van der Waals surface area (Å²) in [5.74, 6) is 0.185. The highest BCUT2D eigenvalue weighted by atomic mass is 19.4. The molecule has 0 fully saturated rings. The Balaban J connectivity index is 1.71. The lowest BCUT2D eigenvalue weighted by Gasteiger charge is -2.16. The van der Waals surface area contributed by atoms with Crippen LogP contribution in [0.4, 0.5) is 13.2 Å². The van der Waals surface area contributed by atoms with Crippen LogP contribution in [-0.2, 0) is 6.18 Å². The zero-order valence-electron chi connectivity index (χ0n) is 13.7. The summed E-state index contributed by atoms with van der Waals surface area (Å²) in [6.07, 6.45) is 1.89. The molecule has 2 heterocycles. The van der Waals surface area contributed by atoms with Gasteiger partial charge in [-0.1, -0.05) is 12.1 Å². The number of aromatic nitrogens is 3. The molecule has 0 aliphatic rings. The van der Waals surface area contributed by atoms with Crippen molar-refractivity contribution < 1.29 is 18.0 Å². The number of rotatable bonds is 4. The van der Waals surface area contributed by atoms with Gasteiger partial charge in [-0.25, -0.2) is 9.97 Å². The molecule has 0 aliphatic heterocycles. The van der Waals surface area contributed by atoms with Crippen molar-refractivity contribution in [2.45, 2.75) is 19.1 Å². The molecule has 0 saturated heterocycles. The summed E-state index contributed by atoms with van der Waals surface area (Å²) in [5, 5.41) is 2.68. The summed E-state index contributed by atoms with van der Waals surface area (Å²) in [6, 6.07) is 7.56. The van der Waals surface area contributed by atoms with Gasteiger partial charge in [0.25, 0.3) is 5.91 Å². The molecule has 0 radical (unpaired) electrons. The number of hydrogen-bond acceptors (Lipinski definition) is 3. The Morgan fingerprint density at radius 2 is 2.04 bits per heavy atom. The largest absolute Gasteiger partial charge is 0.416 e. The van der Waals surface area contributed by atoms with E-state index in [-0.39, 0.29) is 0 Å². The Bertz CT molecular complexity index is 890. The second-order valence-corrected chi connectivity index (χ2v) is 5.69. The first-order valence-electron chi connectivity index (χ1n) is 7.77. The van der Waals surface area contributed by atoms with Gasteiger partial charge < -0.3 is 5.32 Å². The zero-order chi connectivity index (χ0) is 18.7. The number of benzene rings is 1. The molecule has 0 spiro atoms. The number of imidazole rings is 1. The van der Waals surface area contributed by atoms with Crippen molar-refractivity contribution in [1.82, 2.24) is 19.9 Å². The number of carbonyl (C=O) groups is 1. The van der Waals surface area contributed by atoms with Gasteiger partial charge >= 0.3 is 6.18 Å². The topological polar surface area (TPSA) is 59.8 Å². The van der Waals surface area contributed by atoms with Crippen LogP contribution in [0.25, 0.3) is 5.82 Å². The number of carbonyl (C=O) groups excluding carboxylic acids is 1. The van der Waals surface area contributed by atoms with Gasteiger partial charge in [0.15, 0.2) is 0 Å². The molecular formula is C18H15F3N4O. The summed E-state index contributed by atoms with van der Waals surface area (Å²) >= 11 is 0. The Morgan fingerprint density at radius 3 is 2.65 bits per heavy atom. The van der Waals surface area contributed by atoms with Gasteiger partial charge in [0.1, 0.15) is 12.1 Å². The van der Waals surface area contributed by atoms with E-state index in [2.05, 4.69) is 15.3 Å². The van der Waals surface area contributed by atoms with E-state index in [1.807, 2.05) is 0 Å². The van der Waals surface area contributed by atoms with Gasteiger partial charge in [0.05, 0.1) is 17.2 Å². The fourth-order valence-corrected chi connectivity index (χ4v) is 2.42. The molecule has 0 bridgehead atoms. The summed E-state index contributed by atoms with van der Waals surface area (Å²) < 4.78 is 40.1. The maximum absolute atomic E-state index is 12.8. The zero-order valence-corrected chi connectivity index (χ0v) is 13.7. The molecule has 1 unspecified atom stereocenters. The summed E-state index contributed by atoms with van der Waals surface area (Å²) in [5.41, 5.74) is -0.0636. The Morgan fingerprint density at radius 1 is 1.23 bits per heavy atom. The SMILES string of the molecule is CC(NC(=O)c1ccc(-n2ccnc2)nc1)c1cccc(C(F)(F)F)c1. The smallest absolute Gasteiger partial charge is 0.345 e. The van der Waals surface area contributed by atoms with E-state index >= 15 is 0 Å². The number of nitrogens with one attached hydrogen (secondary N) is 1. The van der Waals surface area contributed by atoms with E-state index in [4.69, 9.17) is 0 Å². The van der Waals surface area contributed by atoms with E-state index in [1.165, 1.54) is 12.3 Å². The van der Waals surface area contributed by atoms with Crippen molar-refractivity contribution in [3.63, 3.8) is 0 Å². The van der Waals surface area contributed by atoms with Gasteiger partial charge in [-0.15, -0.1) is 0 Å². The predicted octanol–water partition coefficient (Wildman–Crippen LogP) is 3.78. The summed E-state index contributed by atoms with van der Waals surface area (Å²) in [4.78, 5) is 20.4. The van der Waals surface area contributed by atoms with E-state index in [1.54, 1.807) is 48.4 Å². The molecule has 1 atom stereocenters. The third kappa shape index (κ3) is 3.90. The quantitative estimate of drug-likeness (QED) is 0.770. The maximum atomic E-state index is 12.8. The molecule has 5 nitrogen and oxygen atoms in total. The van der Waals surface area contributed by atoms with Crippen LogP contribution in [0.1, 0.15) is 34.5 Å². The molecule has 2 aromatic heterocycles. The first kappa shape index (κ1) is 17.7. The molecule has 0 aliphatic carbocycles. The molecule has 1 aromatic carbocycles. The van der Waals surface area contributed by atoms with Gasteiger partial charge in [-0.3, -0.25) is 9.36 Å². The predicted molar refractivity (Wildman–Crippen MR) is 88.7 cm³/mol. The van der Waals surface area contributed by atoms with Gasteiger partial charge in [0, 0.05) is 18.6 Å². The minimum atomic E-state index is -4.42. The Kier molecular flexibility index (Phi) is 4.75. The summed E-state index contributed by atoms with van der Waals surface area (Å²) in [7, 11) is 0. The summed E-state index contributed by atoms with van der Waals surface area (Å²) in [6.45, 7) is 1.63. The Labute approximate surface area is 147 Å². The second kappa shape index (κ2) is 6.99. The number of halogens is 3. The van der Waals surface area contributed by atoms with Crippen LogP contribution in [0.5, 0.6) is 0 Å². The molecule has 3 rings (SSSR count). The molecule has 1 amide bonds. The van der Waals surface area contributed by atoms with E-state index in [0.717, 1.165) is 12.1 Å². The van der Waals surface area contributed by atoms with Crippen molar-refractivity contribution in [2.24, 2.45) is 0 Å². The van der Waals surface area contributed by atoms with Crippen molar-refractivity contribution in [3.8, 4) is 5.82 Å². The second-order valence-electron chi connectivity index (χ2n) is 5.69. The van der Waals surface area contributed by atoms with Crippen LogP contribution in [-0.4, -0.2) is 20.4 Å². The van der Waals surface area contributed by atoms with Crippen molar-refractivity contribution >= 4 is 5.91 Å². The molecule has 134 valence electrons. The number of hydrogen-bond donors (Lipinski definition) is 1. The lowest BCUT2D eigenvalue weighted by Crippen LogP contribution is -2.27. The average Bonchev–Trinajstić information content (AvgIpc) is 3.16. The van der Waals surface area contributed by atoms with Crippen LogP contribution >= 0.6 is 0 Å². The van der Waals surface area contributed by atoms with Crippen LogP contribution < -0.4 is 5.32 Å².